The Hall–Kier alpha value is -2.86. The van der Waals surface area contributed by atoms with Crippen LogP contribution in [0.4, 0.5) is 4.39 Å². The second-order valence-corrected chi connectivity index (χ2v) is 5.92. The number of aromatic nitrogens is 1. The molecule has 1 aromatic heterocycles. The minimum Gasteiger partial charge on any atom is -0.344 e. The number of rotatable bonds is 4. The van der Waals surface area contributed by atoms with Gasteiger partial charge in [-0.15, -0.1) is 0 Å². The number of hydrogen-bond acceptors (Lipinski definition) is 1. The fraction of sp³-hybridized carbons (Fsp3) is 0.190. The van der Waals surface area contributed by atoms with E-state index in [4.69, 9.17) is 0 Å². The van der Waals surface area contributed by atoms with Gasteiger partial charge in [0.05, 0.1) is 11.6 Å². The van der Waals surface area contributed by atoms with Crippen LogP contribution in [-0.4, -0.2) is 4.57 Å². The Morgan fingerprint density at radius 3 is 2.62 bits per heavy atom. The molecule has 0 aliphatic rings. The summed E-state index contributed by atoms with van der Waals surface area (Å²) in [7, 11) is 0. The molecule has 2 nitrogen and oxygen atoms in total. The lowest BCUT2D eigenvalue weighted by atomic mass is 10.0. The van der Waals surface area contributed by atoms with E-state index < -0.39 is 0 Å². The molecule has 0 spiro atoms. The molecule has 3 aromatic rings. The molecule has 0 aliphatic carbocycles. The van der Waals surface area contributed by atoms with Crippen molar-refractivity contribution >= 4 is 22.6 Å². The zero-order valence-corrected chi connectivity index (χ0v) is 13.8. The van der Waals surface area contributed by atoms with E-state index in [1.54, 1.807) is 24.3 Å². The van der Waals surface area contributed by atoms with Gasteiger partial charge in [0.25, 0.3) is 0 Å². The van der Waals surface area contributed by atoms with Crippen molar-refractivity contribution in [3.05, 3.63) is 71.7 Å². The molecule has 0 radical (unpaired) electrons. The maximum atomic E-state index is 14.0. The van der Waals surface area contributed by atoms with Gasteiger partial charge in [0.1, 0.15) is 5.82 Å². The third kappa shape index (κ3) is 2.83. The van der Waals surface area contributed by atoms with Crippen molar-refractivity contribution in [2.75, 3.05) is 0 Å². The molecule has 0 fully saturated rings. The minimum atomic E-state index is -0.379. The summed E-state index contributed by atoms with van der Waals surface area (Å²) in [5.74, 6) is -0.379. The van der Waals surface area contributed by atoms with E-state index in [9.17, 15) is 9.65 Å². The lowest BCUT2D eigenvalue weighted by Crippen LogP contribution is -2.01. The van der Waals surface area contributed by atoms with E-state index in [1.165, 1.54) is 6.07 Å². The summed E-state index contributed by atoms with van der Waals surface area (Å²) < 4.78 is 16.3. The first-order valence-corrected chi connectivity index (χ1v) is 8.12. The molecule has 1 heterocycles. The van der Waals surface area contributed by atoms with Gasteiger partial charge in [0.2, 0.25) is 0 Å². The highest BCUT2D eigenvalue weighted by Gasteiger charge is 2.13. The van der Waals surface area contributed by atoms with Crippen LogP contribution < -0.4 is 0 Å². The van der Waals surface area contributed by atoms with Gasteiger partial charge < -0.3 is 4.57 Å². The molecule has 24 heavy (non-hydrogen) atoms. The molecule has 1 atom stereocenters. The molecule has 0 saturated carbocycles. The van der Waals surface area contributed by atoms with E-state index in [2.05, 4.69) is 36.7 Å². The van der Waals surface area contributed by atoms with Crippen LogP contribution in [-0.2, 0) is 0 Å². The summed E-state index contributed by atoms with van der Waals surface area (Å²) in [6.07, 6.45) is 4.84. The van der Waals surface area contributed by atoms with Gasteiger partial charge in [0, 0.05) is 34.3 Å². The molecule has 0 saturated heterocycles. The third-order valence-corrected chi connectivity index (χ3v) is 4.42. The predicted molar refractivity (Wildman–Crippen MR) is 96.8 cm³/mol. The monoisotopic (exact) mass is 318 g/mol. The molecule has 1 unspecified atom stereocenters. The van der Waals surface area contributed by atoms with Crippen molar-refractivity contribution in [3.8, 4) is 6.07 Å². The number of allylic oxidation sites excluding steroid dienone is 1. The number of halogens is 1. The average Bonchev–Trinajstić information content (AvgIpc) is 2.98. The highest BCUT2D eigenvalue weighted by Crippen LogP contribution is 2.29. The molecule has 0 N–H and O–H groups in total. The first-order valence-electron chi connectivity index (χ1n) is 8.12. The Labute approximate surface area is 141 Å². The largest absolute Gasteiger partial charge is 0.344 e. The van der Waals surface area contributed by atoms with E-state index in [0.29, 0.717) is 17.2 Å². The molecule has 3 heteroatoms. The van der Waals surface area contributed by atoms with Gasteiger partial charge in [0.15, 0.2) is 0 Å². The maximum Gasteiger partial charge on any atom is 0.131 e. The van der Waals surface area contributed by atoms with Gasteiger partial charge in [-0.1, -0.05) is 43.3 Å². The van der Waals surface area contributed by atoms with Crippen molar-refractivity contribution in [3.63, 3.8) is 0 Å². The van der Waals surface area contributed by atoms with Gasteiger partial charge in [-0.3, -0.25) is 0 Å². The van der Waals surface area contributed by atoms with Gasteiger partial charge in [-0.05, 0) is 31.6 Å². The summed E-state index contributed by atoms with van der Waals surface area (Å²) in [5.41, 5.74) is 2.73. The molecule has 0 amide bonds. The zero-order valence-electron chi connectivity index (χ0n) is 13.8. The Morgan fingerprint density at radius 1 is 1.21 bits per heavy atom. The highest BCUT2D eigenvalue weighted by molar-refractivity contribution is 5.98. The summed E-state index contributed by atoms with van der Waals surface area (Å²) in [5, 5.41) is 10.6. The second kappa shape index (κ2) is 6.72. The molecular weight excluding hydrogens is 299 g/mol. The van der Waals surface area contributed by atoms with Crippen LogP contribution in [0.1, 0.15) is 37.4 Å². The smallest absolute Gasteiger partial charge is 0.131 e. The number of benzene rings is 2. The molecule has 0 bridgehead atoms. The maximum absolute atomic E-state index is 14.0. The summed E-state index contributed by atoms with van der Waals surface area (Å²) in [6.45, 7) is 4.32. The SMILES string of the molecule is CCC(C)n1cc(C=C(C#N)c2ccccc2F)c2ccccc21. The standard InChI is InChI=1S/C21H19FN2/c1-3-15(2)24-14-17(19-9-5-7-11-21(19)24)12-16(13-23)18-8-4-6-10-20(18)22/h4-12,14-15H,3H2,1-2H3. The lowest BCUT2D eigenvalue weighted by molar-refractivity contribution is 0.548. The fourth-order valence-corrected chi connectivity index (χ4v) is 2.91. The van der Waals surface area contributed by atoms with E-state index in [1.807, 2.05) is 18.2 Å². The first-order chi connectivity index (χ1) is 11.7. The number of hydrogen-bond donors (Lipinski definition) is 0. The van der Waals surface area contributed by atoms with Crippen molar-refractivity contribution in [1.82, 2.24) is 4.57 Å². The molecule has 120 valence electrons. The van der Waals surface area contributed by atoms with Crippen LogP contribution in [0.3, 0.4) is 0 Å². The highest BCUT2D eigenvalue weighted by atomic mass is 19.1. The Kier molecular flexibility index (Phi) is 4.48. The number of nitrogens with zero attached hydrogens (tertiary/aromatic N) is 2. The number of nitriles is 1. The van der Waals surface area contributed by atoms with E-state index >= 15 is 0 Å². The van der Waals surface area contributed by atoms with E-state index in [0.717, 1.165) is 22.9 Å². The van der Waals surface area contributed by atoms with Crippen LogP contribution in [0, 0.1) is 17.1 Å². The van der Waals surface area contributed by atoms with Crippen LogP contribution in [0.25, 0.3) is 22.6 Å². The Bertz CT molecular complexity index is 944. The fourth-order valence-electron chi connectivity index (χ4n) is 2.91. The normalized spacial score (nSPS) is 13.0. The Morgan fingerprint density at radius 2 is 1.92 bits per heavy atom. The average molecular weight is 318 g/mol. The Balaban J connectivity index is 2.19. The van der Waals surface area contributed by atoms with Crippen molar-refractivity contribution in [2.24, 2.45) is 0 Å². The van der Waals surface area contributed by atoms with Crippen LogP contribution in [0.15, 0.2) is 54.7 Å². The van der Waals surface area contributed by atoms with Gasteiger partial charge in [-0.25, -0.2) is 4.39 Å². The zero-order chi connectivity index (χ0) is 17.1. The molecule has 3 rings (SSSR count). The first kappa shape index (κ1) is 16.0. The third-order valence-electron chi connectivity index (χ3n) is 4.42. The summed E-state index contributed by atoms with van der Waals surface area (Å²) >= 11 is 0. The number of para-hydroxylation sites is 1. The van der Waals surface area contributed by atoms with Crippen molar-refractivity contribution in [2.45, 2.75) is 26.3 Å². The van der Waals surface area contributed by atoms with Crippen LogP contribution >= 0.6 is 0 Å². The van der Waals surface area contributed by atoms with Crippen molar-refractivity contribution < 1.29 is 4.39 Å². The van der Waals surface area contributed by atoms with Crippen molar-refractivity contribution in [1.29, 1.82) is 5.26 Å². The second-order valence-electron chi connectivity index (χ2n) is 5.92. The quantitative estimate of drug-likeness (QED) is 0.557. The summed E-state index contributed by atoms with van der Waals surface area (Å²) in [6, 6.07) is 17.0. The van der Waals surface area contributed by atoms with Gasteiger partial charge >= 0.3 is 0 Å². The number of fused-ring (bicyclic) bond motifs is 1. The lowest BCUT2D eigenvalue weighted by Gasteiger charge is -2.12. The van der Waals surface area contributed by atoms with Gasteiger partial charge in [-0.2, -0.15) is 5.26 Å². The van der Waals surface area contributed by atoms with E-state index in [-0.39, 0.29) is 5.82 Å². The predicted octanol–water partition coefficient (Wildman–Crippen LogP) is 5.82. The van der Waals surface area contributed by atoms with Crippen LogP contribution in [0.2, 0.25) is 0 Å². The molecule has 0 aliphatic heterocycles. The topological polar surface area (TPSA) is 28.7 Å². The summed E-state index contributed by atoms with van der Waals surface area (Å²) in [4.78, 5) is 0. The van der Waals surface area contributed by atoms with Crippen LogP contribution in [0.5, 0.6) is 0 Å². The minimum absolute atomic E-state index is 0.333. The molecule has 2 aromatic carbocycles. The molecular formula is C21H19FN2.